The number of rotatable bonds is 1. The molecule has 2 aromatic heterocycles. The number of Topliss-reactive ketones (excluding diaryl/α,β-unsaturated/α-hetero) is 1. The maximum absolute atomic E-state index is 12.9. The molecule has 22 heavy (non-hydrogen) atoms. The highest BCUT2D eigenvalue weighted by molar-refractivity contribution is 7.99. The monoisotopic (exact) mass is 309 g/mol. The number of nitrogens with one attached hydrogen (secondary N) is 1. The number of hydrogen-bond donors (Lipinski definition) is 1. The summed E-state index contributed by atoms with van der Waals surface area (Å²) in [6.45, 7) is 1.96. The summed E-state index contributed by atoms with van der Waals surface area (Å²) in [6.07, 6.45) is 3.57. The van der Waals surface area contributed by atoms with Crippen molar-refractivity contribution in [3.8, 4) is 0 Å². The predicted molar refractivity (Wildman–Crippen MR) is 89.3 cm³/mol. The molecule has 0 bridgehead atoms. The zero-order chi connectivity index (χ0) is 15.3. The lowest BCUT2D eigenvalue weighted by molar-refractivity contribution is 0.103. The number of aryl methyl sites for hydroxylation is 2. The Bertz CT molecular complexity index is 933. The van der Waals surface area contributed by atoms with E-state index in [0.717, 1.165) is 38.5 Å². The molecule has 0 unspecified atom stereocenters. The Morgan fingerprint density at radius 1 is 1.36 bits per heavy atom. The van der Waals surface area contributed by atoms with Crippen LogP contribution in [0.5, 0.6) is 0 Å². The number of fused-ring (bicyclic) bond motifs is 3. The van der Waals surface area contributed by atoms with Gasteiger partial charge in [0.25, 0.3) is 0 Å². The molecular formula is C17H15N3OS. The number of carbonyl (C=O) groups is 1. The number of carbonyl (C=O) groups excluding carboxylic acids is 1. The van der Waals surface area contributed by atoms with Crippen LogP contribution < -0.4 is 0 Å². The van der Waals surface area contributed by atoms with E-state index in [-0.39, 0.29) is 5.78 Å². The van der Waals surface area contributed by atoms with Crippen LogP contribution in [-0.4, -0.2) is 26.1 Å². The first-order valence-corrected chi connectivity index (χ1v) is 8.11. The van der Waals surface area contributed by atoms with E-state index < -0.39 is 0 Å². The van der Waals surface area contributed by atoms with E-state index in [9.17, 15) is 4.79 Å². The summed E-state index contributed by atoms with van der Waals surface area (Å²) in [4.78, 5) is 20.3. The molecule has 1 N–H and O–H groups in total. The molecule has 3 heterocycles. The molecule has 0 aliphatic carbocycles. The standard InChI is InChI=1S/C17H15N3OS/c1-10-13(19-9-18-10)7-11-8-22-17-15(16(11)21)12-5-3-4-6-14(12)20(17)2/h3-7,9H,8H2,1-2H3,(H,18,19). The van der Waals surface area contributed by atoms with Gasteiger partial charge in [0.15, 0.2) is 5.78 Å². The summed E-state index contributed by atoms with van der Waals surface area (Å²) >= 11 is 1.72. The smallest absolute Gasteiger partial charge is 0.193 e. The highest BCUT2D eigenvalue weighted by atomic mass is 32.2. The van der Waals surface area contributed by atoms with Crippen molar-refractivity contribution in [2.45, 2.75) is 11.9 Å². The summed E-state index contributed by atoms with van der Waals surface area (Å²) in [6, 6.07) is 8.07. The SMILES string of the molecule is Cc1[nH]cnc1C=C1CSc2c(c3ccccc3n2C)C1=O. The normalized spacial score (nSPS) is 16.5. The number of ketones is 1. The number of H-pyrrole nitrogens is 1. The molecule has 4 nitrogen and oxygen atoms in total. The number of para-hydroxylation sites is 1. The molecule has 110 valence electrons. The number of nitrogens with zero attached hydrogens (tertiary/aromatic N) is 2. The summed E-state index contributed by atoms with van der Waals surface area (Å²) in [5, 5.41) is 2.09. The molecule has 4 rings (SSSR count). The minimum Gasteiger partial charge on any atom is -0.348 e. The molecule has 0 radical (unpaired) electrons. The fraction of sp³-hybridized carbons (Fsp3) is 0.176. The number of aromatic amines is 1. The quantitative estimate of drug-likeness (QED) is 0.699. The lowest BCUT2D eigenvalue weighted by Gasteiger charge is -2.15. The number of aromatic nitrogens is 3. The third-order valence-corrected chi connectivity index (χ3v) is 5.32. The van der Waals surface area contributed by atoms with Crippen LogP contribution in [0.25, 0.3) is 17.0 Å². The van der Waals surface area contributed by atoms with Crippen molar-refractivity contribution >= 4 is 34.5 Å². The van der Waals surface area contributed by atoms with Gasteiger partial charge in [-0.15, -0.1) is 11.8 Å². The summed E-state index contributed by atoms with van der Waals surface area (Å²) in [5.41, 5.74) is 4.56. The molecule has 0 amide bonds. The number of benzene rings is 1. The topological polar surface area (TPSA) is 50.7 Å². The highest BCUT2D eigenvalue weighted by Gasteiger charge is 2.28. The van der Waals surface area contributed by atoms with Crippen molar-refractivity contribution in [1.82, 2.24) is 14.5 Å². The Labute approximate surface area is 132 Å². The zero-order valence-corrected chi connectivity index (χ0v) is 13.2. The third-order valence-electron chi connectivity index (χ3n) is 4.12. The fourth-order valence-corrected chi connectivity index (χ4v) is 4.06. The second kappa shape index (κ2) is 4.88. The molecule has 5 heteroatoms. The Kier molecular flexibility index (Phi) is 2.97. The van der Waals surface area contributed by atoms with Gasteiger partial charge in [-0.05, 0) is 19.1 Å². The minimum absolute atomic E-state index is 0.118. The largest absolute Gasteiger partial charge is 0.348 e. The van der Waals surface area contributed by atoms with Gasteiger partial charge in [0, 0.05) is 35.0 Å². The second-order valence-corrected chi connectivity index (χ2v) is 6.42. The first kappa shape index (κ1) is 13.4. The zero-order valence-electron chi connectivity index (χ0n) is 12.4. The second-order valence-electron chi connectivity index (χ2n) is 5.46. The van der Waals surface area contributed by atoms with Gasteiger partial charge in [0.1, 0.15) is 0 Å². The summed E-state index contributed by atoms with van der Waals surface area (Å²) < 4.78 is 2.11. The predicted octanol–water partition coefficient (Wildman–Crippen LogP) is 3.58. The van der Waals surface area contributed by atoms with E-state index >= 15 is 0 Å². The van der Waals surface area contributed by atoms with E-state index in [1.165, 1.54) is 0 Å². The van der Waals surface area contributed by atoms with Crippen LogP contribution in [0, 0.1) is 6.92 Å². The first-order valence-electron chi connectivity index (χ1n) is 7.12. The molecule has 1 aromatic carbocycles. The Morgan fingerprint density at radius 2 is 2.18 bits per heavy atom. The molecule has 3 aromatic rings. The van der Waals surface area contributed by atoms with Crippen LogP contribution in [0.2, 0.25) is 0 Å². The van der Waals surface area contributed by atoms with Crippen LogP contribution in [-0.2, 0) is 7.05 Å². The number of imidazole rings is 1. The van der Waals surface area contributed by atoms with E-state index in [2.05, 4.69) is 20.6 Å². The number of hydrogen-bond acceptors (Lipinski definition) is 3. The van der Waals surface area contributed by atoms with Crippen molar-refractivity contribution < 1.29 is 4.79 Å². The van der Waals surface area contributed by atoms with Crippen molar-refractivity contribution in [2.75, 3.05) is 5.75 Å². The average molecular weight is 309 g/mol. The molecular weight excluding hydrogens is 294 g/mol. The Balaban J connectivity index is 1.89. The maximum Gasteiger partial charge on any atom is 0.193 e. The van der Waals surface area contributed by atoms with E-state index in [1.807, 2.05) is 38.2 Å². The minimum atomic E-state index is 0.118. The lowest BCUT2D eigenvalue weighted by atomic mass is 10.0. The van der Waals surface area contributed by atoms with Crippen molar-refractivity contribution in [2.24, 2.45) is 7.05 Å². The molecule has 1 aliphatic rings. The molecule has 0 saturated heterocycles. The summed E-state index contributed by atoms with van der Waals surface area (Å²) in [7, 11) is 2.02. The molecule has 0 fully saturated rings. The third kappa shape index (κ3) is 1.85. The summed E-state index contributed by atoms with van der Waals surface area (Å²) in [5.74, 6) is 0.801. The average Bonchev–Trinajstić information content (AvgIpc) is 3.05. The molecule has 0 saturated carbocycles. The van der Waals surface area contributed by atoms with Gasteiger partial charge in [-0.25, -0.2) is 4.98 Å². The van der Waals surface area contributed by atoms with Gasteiger partial charge >= 0.3 is 0 Å². The highest BCUT2D eigenvalue weighted by Crippen LogP contribution is 2.39. The number of thioether (sulfide) groups is 1. The van der Waals surface area contributed by atoms with Crippen LogP contribution in [0.4, 0.5) is 0 Å². The van der Waals surface area contributed by atoms with Gasteiger partial charge in [-0.3, -0.25) is 4.79 Å². The van der Waals surface area contributed by atoms with Gasteiger partial charge in [0.2, 0.25) is 0 Å². The fourth-order valence-electron chi connectivity index (χ4n) is 2.92. The van der Waals surface area contributed by atoms with Crippen LogP contribution in [0.3, 0.4) is 0 Å². The van der Waals surface area contributed by atoms with Gasteiger partial charge in [-0.1, -0.05) is 18.2 Å². The Morgan fingerprint density at radius 3 is 2.95 bits per heavy atom. The Hall–Kier alpha value is -2.27. The maximum atomic E-state index is 12.9. The molecule has 1 aliphatic heterocycles. The first-order chi connectivity index (χ1) is 10.7. The van der Waals surface area contributed by atoms with Crippen LogP contribution in [0.15, 0.2) is 41.2 Å². The van der Waals surface area contributed by atoms with Gasteiger partial charge < -0.3 is 9.55 Å². The van der Waals surface area contributed by atoms with E-state index in [4.69, 9.17) is 0 Å². The van der Waals surface area contributed by atoms with Gasteiger partial charge in [-0.2, -0.15) is 0 Å². The van der Waals surface area contributed by atoms with E-state index in [0.29, 0.717) is 5.75 Å². The van der Waals surface area contributed by atoms with Crippen molar-refractivity contribution in [3.63, 3.8) is 0 Å². The van der Waals surface area contributed by atoms with E-state index in [1.54, 1.807) is 18.1 Å². The molecule has 0 atom stereocenters. The lowest BCUT2D eigenvalue weighted by Crippen LogP contribution is -2.12. The van der Waals surface area contributed by atoms with Crippen LogP contribution >= 0.6 is 11.8 Å². The van der Waals surface area contributed by atoms with Crippen molar-refractivity contribution in [3.05, 3.63) is 53.1 Å². The van der Waals surface area contributed by atoms with Crippen LogP contribution in [0.1, 0.15) is 21.7 Å². The van der Waals surface area contributed by atoms with Gasteiger partial charge in [0.05, 0.1) is 22.6 Å². The van der Waals surface area contributed by atoms with Crippen molar-refractivity contribution in [1.29, 1.82) is 0 Å². The molecule has 0 spiro atoms.